The van der Waals surface area contributed by atoms with Gasteiger partial charge < -0.3 is 9.47 Å². The Morgan fingerprint density at radius 3 is 2.07 bits per heavy atom. The van der Waals surface area contributed by atoms with Crippen LogP contribution >= 0.6 is 7.29 Å². The molecule has 27 heavy (non-hydrogen) atoms. The molecular weight excluding hydrogens is 357 g/mol. The third kappa shape index (κ3) is 3.51. The van der Waals surface area contributed by atoms with Crippen LogP contribution in [-0.2, 0) is 4.57 Å². The lowest BCUT2D eigenvalue weighted by Crippen LogP contribution is -2.30. The minimum absolute atomic E-state index is 0.0780. The first kappa shape index (κ1) is 17.8. The predicted molar refractivity (Wildman–Crippen MR) is 108 cm³/mol. The molecule has 0 unspecified atom stereocenters. The molecule has 0 saturated heterocycles. The highest BCUT2D eigenvalue weighted by molar-refractivity contribution is 7.76. The van der Waals surface area contributed by atoms with Crippen LogP contribution in [0.1, 0.15) is 24.9 Å². The van der Waals surface area contributed by atoms with Gasteiger partial charge in [0.1, 0.15) is 0 Å². The van der Waals surface area contributed by atoms with E-state index in [-0.39, 0.29) is 12.8 Å². The summed E-state index contributed by atoms with van der Waals surface area (Å²) in [5.74, 6) is 1.49. The Morgan fingerprint density at radius 2 is 1.48 bits per heavy atom. The Kier molecular flexibility index (Phi) is 5.02. The molecule has 0 fully saturated rings. The van der Waals surface area contributed by atoms with E-state index in [1.807, 2.05) is 78.9 Å². The summed E-state index contributed by atoms with van der Waals surface area (Å²) >= 11 is 0. The van der Waals surface area contributed by atoms with Gasteiger partial charge in [0.15, 0.2) is 11.5 Å². The molecule has 0 aromatic heterocycles. The normalized spacial score (nSPS) is 14.1. The van der Waals surface area contributed by atoms with Crippen molar-refractivity contribution >= 4 is 17.9 Å². The highest BCUT2D eigenvalue weighted by atomic mass is 31.2. The van der Waals surface area contributed by atoms with Crippen molar-refractivity contribution in [2.45, 2.75) is 19.4 Å². The fourth-order valence-electron chi connectivity index (χ4n) is 3.32. The Balaban J connectivity index is 1.73. The van der Waals surface area contributed by atoms with Gasteiger partial charge in [-0.05, 0) is 48.4 Å². The highest BCUT2D eigenvalue weighted by Crippen LogP contribution is 2.43. The van der Waals surface area contributed by atoms with Crippen LogP contribution in [0.15, 0.2) is 78.9 Å². The maximum Gasteiger partial charge on any atom is 0.231 e. The number of benzene rings is 3. The summed E-state index contributed by atoms with van der Waals surface area (Å²) in [7, 11) is -3.00. The lowest BCUT2D eigenvalue weighted by Gasteiger charge is -2.27. The minimum atomic E-state index is -3.00. The van der Waals surface area contributed by atoms with Crippen LogP contribution in [0.2, 0.25) is 0 Å². The van der Waals surface area contributed by atoms with Crippen molar-refractivity contribution in [3.8, 4) is 11.5 Å². The zero-order chi connectivity index (χ0) is 18.7. The number of nitrogens with one attached hydrogen (secondary N) is 1. The number of hydrogen-bond acceptors (Lipinski definition) is 3. The van der Waals surface area contributed by atoms with Crippen LogP contribution in [0.4, 0.5) is 0 Å². The van der Waals surface area contributed by atoms with E-state index in [1.54, 1.807) is 0 Å². The smallest absolute Gasteiger partial charge is 0.231 e. The molecule has 1 N–H and O–H groups in total. The molecule has 0 bridgehead atoms. The zero-order valence-corrected chi connectivity index (χ0v) is 16.1. The minimum Gasteiger partial charge on any atom is -0.454 e. The molecule has 4 rings (SSSR count). The van der Waals surface area contributed by atoms with E-state index in [9.17, 15) is 4.57 Å². The Labute approximate surface area is 159 Å². The second-order valence-electron chi connectivity index (χ2n) is 6.48. The van der Waals surface area contributed by atoms with Crippen molar-refractivity contribution in [3.05, 3.63) is 84.4 Å². The maximum absolute atomic E-state index is 14.2. The van der Waals surface area contributed by atoms with Gasteiger partial charge in [-0.15, -0.1) is 0 Å². The molecule has 1 aliphatic heterocycles. The zero-order valence-electron chi connectivity index (χ0n) is 15.2. The van der Waals surface area contributed by atoms with Crippen LogP contribution in [0.5, 0.6) is 11.5 Å². The summed E-state index contributed by atoms with van der Waals surface area (Å²) in [4.78, 5) is 0. The molecule has 0 saturated carbocycles. The average molecular weight is 379 g/mol. The van der Waals surface area contributed by atoms with E-state index in [1.165, 1.54) is 0 Å². The van der Waals surface area contributed by atoms with Gasteiger partial charge in [0, 0.05) is 16.7 Å². The second kappa shape index (κ2) is 7.59. The van der Waals surface area contributed by atoms with E-state index in [0.717, 1.165) is 34.1 Å². The van der Waals surface area contributed by atoms with E-state index in [4.69, 9.17) is 9.47 Å². The number of hydrogen-bond donors (Lipinski definition) is 1. The molecular formula is C22H22NO3P. The summed E-state index contributed by atoms with van der Waals surface area (Å²) in [6.45, 7) is 2.33. The van der Waals surface area contributed by atoms with Crippen LogP contribution < -0.4 is 25.2 Å². The molecule has 4 nitrogen and oxygen atoms in total. The molecule has 1 atom stereocenters. The molecule has 0 radical (unpaired) electrons. The van der Waals surface area contributed by atoms with Gasteiger partial charge in [0.2, 0.25) is 14.1 Å². The Morgan fingerprint density at radius 1 is 0.889 bits per heavy atom. The van der Waals surface area contributed by atoms with E-state index in [0.29, 0.717) is 0 Å². The third-order valence-corrected chi connectivity index (χ3v) is 7.51. The first-order valence-electron chi connectivity index (χ1n) is 9.09. The SMILES string of the molecule is CC[C@H](NP(=O)(c1ccccc1)c1ccccc1)c1ccc2c(c1)OCO2. The van der Waals surface area contributed by atoms with E-state index >= 15 is 0 Å². The van der Waals surface area contributed by atoms with Crippen molar-refractivity contribution in [1.82, 2.24) is 5.09 Å². The van der Waals surface area contributed by atoms with Crippen molar-refractivity contribution in [3.63, 3.8) is 0 Å². The largest absolute Gasteiger partial charge is 0.454 e. The Bertz CT molecular complexity index is 916. The van der Waals surface area contributed by atoms with Gasteiger partial charge in [0.05, 0.1) is 0 Å². The quantitative estimate of drug-likeness (QED) is 0.646. The summed E-state index contributed by atoms with van der Waals surface area (Å²) < 4.78 is 25.1. The maximum atomic E-state index is 14.2. The van der Waals surface area contributed by atoms with Gasteiger partial charge in [-0.1, -0.05) is 49.4 Å². The summed E-state index contributed by atoms with van der Waals surface area (Å²) in [5, 5.41) is 5.08. The molecule has 0 aliphatic carbocycles. The summed E-state index contributed by atoms with van der Waals surface area (Å²) in [5.41, 5.74) is 1.04. The van der Waals surface area contributed by atoms with Gasteiger partial charge in [-0.25, -0.2) is 0 Å². The monoisotopic (exact) mass is 379 g/mol. The molecule has 0 amide bonds. The van der Waals surface area contributed by atoms with Crippen molar-refractivity contribution in [2.24, 2.45) is 0 Å². The van der Waals surface area contributed by atoms with E-state index in [2.05, 4.69) is 12.0 Å². The highest BCUT2D eigenvalue weighted by Gasteiger charge is 2.30. The van der Waals surface area contributed by atoms with Crippen LogP contribution in [0.25, 0.3) is 0 Å². The average Bonchev–Trinajstić information content (AvgIpc) is 3.21. The molecule has 1 heterocycles. The summed E-state index contributed by atoms with van der Waals surface area (Å²) in [6, 6.07) is 25.1. The van der Waals surface area contributed by atoms with Crippen molar-refractivity contribution in [2.75, 3.05) is 6.79 Å². The standard InChI is InChI=1S/C22H22NO3P/c1-2-20(17-13-14-21-22(15-17)26-16-25-21)23-27(24,18-9-5-3-6-10-18)19-11-7-4-8-12-19/h3-15,20H,2,16H2,1H3,(H,23,24)/t20-/m0/s1. The number of fused-ring (bicyclic) bond motifs is 1. The number of rotatable bonds is 6. The van der Waals surface area contributed by atoms with Gasteiger partial charge in [0.25, 0.3) is 0 Å². The molecule has 138 valence electrons. The van der Waals surface area contributed by atoms with Crippen LogP contribution in [-0.4, -0.2) is 6.79 Å². The topological polar surface area (TPSA) is 47.6 Å². The van der Waals surface area contributed by atoms with Gasteiger partial charge in [-0.3, -0.25) is 9.65 Å². The Hall–Kier alpha value is -2.55. The summed E-state index contributed by atoms with van der Waals surface area (Å²) in [6.07, 6.45) is 0.795. The van der Waals surface area contributed by atoms with E-state index < -0.39 is 7.29 Å². The van der Waals surface area contributed by atoms with Crippen LogP contribution in [0.3, 0.4) is 0 Å². The molecule has 5 heteroatoms. The molecule has 3 aromatic rings. The van der Waals surface area contributed by atoms with Gasteiger partial charge in [-0.2, -0.15) is 0 Å². The van der Waals surface area contributed by atoms with Crippen molar-refractivity contribution in [1.29, 1.82) is 0 Å². The lowest BCUT2D eigenvalue weighted by atomic mass is 10.1. The van der Waals surface area contributed by atoms with Gasteiger partial charge >= 0.3 is 0 Å². The molecule has 3 aromatic carbocycles. The fraction of sp³-hybridized carbons (Fsp3) is 0.182. The predicted octanol–water partition coefficient (Wildman–Crippen LogP) is 4.39. The van der Waals surface area contributed by atoms with Crippen molar-refractivity contribution < 1.29 is 14.0 Å². The fourth-order valence-corrected chi connectivity index (χ4v) is 5.88. The van der Waals surface area contributed by atoms with Crippen LogP contribution in [0, 0.1) is 0 Å². The second-order valence-corrected chi connectivity index (χ2v) is 8.99. The molecule has 0 spiro atoms. The number of ether oxygens (including phenoxy) is 2. The molecule has 1 aliphatic rings. The first-order valence-corrected chi connectivity index (χ1v) is 10.8. The first-order chi connectivity index (χ1) is 13.2. The lowest BCUT2D eigenvalue weighted by molar-refractivity contribution is 0.174. The third-order valence-electron chi connectivity index (χ3n) is 4.78.